The highest BCUT2D eigenvalue weighted by Crippen LogP contribution is 2.60. The molecular weight excluding hydrogens is 532 g/mol. The molecule has 0 aromatic heterocycles. The van der Waals surface area contributed by atoms with Crippen molar-refractivity contribution in [3.8, 4) is 0 Å². The number of aliphatic hydroxyl groups is 2. The number of fused-ring (bicyclic) bond motifs is 2. The third kappa shape index (κ3) is 5.26. The predicted octanol–water partition coefficient (Wildman–Crippen LogP) is 3.80. The molecule has 2 saturated heterocycles. The van der Waals surface area contributed by atoms with Gasteiger partial charge >= 0.3 is 17.9 Å². The van der Waals surface area contributed by atoms with Crippen molar-refractivity contribution in [3.05, 3.63) is 22.8 Å². The Morgan fingerprint density at radius 3 is 2.37 bits per heavy atom. The van der Waals surface area contributed by atoms with Gasteiger partial charge in [-0.2, -0.15) is 0 Å². The first-order chi connectivity index (χ1) is 19.0. The summed E-state index contributed by atoms with van der Waals surface area (Å²) >= 11 is 0. The number of unbranched alkanes of at least 4 members (excludes halogenated alkanes) is 4. The Morgan fingerprint density at radius 1 is 1.07 bits per heavy atom. The van der Waals surface area contributed by atoms with Crippen LogP contribution < -0.4 is 0 Å². The second kappa shape index (κ2) is 11.1. The lowest BCUT2D eigenvalue weighted by molar-refractivity contribution is -0.382. The first-order valence-corrected chi connectivity index (χ1v) is 14.8. The van der Waals surface area contributed by atoms with Crippen LogP contribution in [0.15, 0.2) is 22.8 Å². The first-order valence-electron chi connectivity index (χ1n) is 14.8. The molecule has 1 saturated carbocycles. The van der Waals surface area contributed by atoms with Crippen molar-refractivity contribution >= 4 is 17.9 Å². The van der Waals surface area contributed by atoms with Crippen LogP contribution in [-0.2, 0) is 38.1 Å². The number of ether oxygens (including phenoxy) is 5. The first kappa shape index (κ1) is 31.7. The number of esters is 3. The minimum Gasteiger partial charge on any atom is -0.457 e. The Labute approximate surface area is 242 Å². The highest BCUT2D eigenvalue weighted by Gasteiger charge is 2.78. The zero-order valence-corrected chi connectivity index (χ0v) is 25.6. The normalized spacial score (nSPS) is 39.5. The molecular formula is C31H46O10. The van der Waals surface area contributed by atoms with Crippen molar-refractivity contribution in [2.75, 3.05) is 0 Å². The fraction of sp³-hybridized carbons (Fsp3) is 0.774. The molecule has 2 aliphatic carbocycles. The molecule has 3 fully saturated rings. The van der Waals surface area contributed by atoms with Crippen LogP contribution in [-0.4, -0.2) is 75.1 Å². The average Bonchev–Trinajstić information content (AvgIpc) is 3.22. The Bertz CT molecular complexity index is 1140. The van der Waals surface area contributed by atoms with E-state index in [9.17, 15) is 24.6 Å². The predicted molar refractivity (Wildman–Crippen MR) is 147 cm³/mol. The smallest absolute Gasteiger partial charge is 0.342 e. The van der Waals surface area contributed by atoms with E-state index in [4.69, 9.17) is 23.7 Å². The third-order valence-corrected chi connectivity index (χ3v) is 9.28. The van der Waals surface area contributed by atoms with Gasteiger partial charge in [-0.15, -0.1) is 0 Å². The quantitative estimate of drug-likeness (QED) is 0.137. The molecule has 2 aliphatic heterocycles. The Kier molecular flexibility index (Phi) is 8.57. The van der Waals surface area contributed by atoms with E-state index in [1.165, 1.54) is 6.92 Å². The summed E-state index contributed by atoms with van der Waals surface area (Å²) in [4.78, 5) is 39.4. The third-order valence-electron chi connectivity index (χ3n) is 9.28. The molecule has 0 amide bonds. The van der Waals surface area contributed by atoms with E-state index in [-0.39, 0.29) is 12.8 Å². The van der Waals surface area contributed by atoms with Crippen molar-refractivity contribution in [2.24, 2.45) is 5.92 Å². The van der Waals surface area contributed by atoms with Crippen LogP contribution in [0.4, 0.5) is 0 Å². The van der Waals surface area contributed by atoms with Gasteiger partial charge in [0, 0.05) is 18.4 Å². The van der Waals surface area contributed by atoms with Crippen LogP contribution in [0.3, 0.4) is 0 Å². The van der Waals surface area contributed by atoms with Gasteiger partial charge in [-0.05, 0) is 66.0 Å². The van der Waals surface area contributed by atoms with Gasteiger partial charge in [-0.3, -0.25) is 4.79 Å². The molecule has 0 radical (unpaired) electrons. The molecule has 0 aromatic rings. The number of rotatable bonds is 9. The molecule has 2 heterocycles. The van der Waals surface area contributed by atoms with Gasteiger partial charge < -0.3 is 33.9 Å². The highest BCUT2D eigenvalue weighted by molar-refractivity contribution is 5.88. The standard InChI is InChI=1S/C31H46O10/c1-9-11-12-13-14-15-20(32)37-24-22-21(18(4)23(24)38-26(33)17(3)10-2)25-31(36)19(16-29(22,7)35)40-28(5,6)41-30(31,8)27(34)39-25/h10,19,22-25,35-36H,9,11-16H2,1-8H3/b17-10-/t19-,22+,23-,24-,25-,29-,30+,31+/m0/s1. The number of hydrogen-bond donors (Lipinski definition) is 2. The van der Waals surface area contributed by atoms with Crippen LogP contribution in [0.1, 0.15) is 100 Å². The summed E-state index contributed by atoms with van der Waals surface area (Å²) in [7, 11) is 0. The SMILES string of the molecule is C/C=C(/C)C(=O)O[C@H]1C(C)=C2[C@H]([C@@H]1OC(=O)CCCCCCC)[C@@](C)(O)C[C@@H]1OC(C)(C)O[C@]3(C)C(=O)O[C@@H]2[C@]13O. The van der Waals surface area contributed by atoms with Crippen molar-refractivity contribution in [2.45, 2.75) is 147 Å². The minimum absolute atomic E-state index is 0.125. The molecule has 0 aromatic carbocycles. The van der Waals surface area contributed by atoms with Crippen LogP contribution in [0.5, 0.6) is 0 Å². The largest absolute Gasteiger partial charge is 0.457 e. The molecule has 10 heteroatoms. The van der Waals surface area contributed by atoms with Crippen molar-refractivity contribution in [3.63, 3.8) is 0 Å². The molecule has 10 nitrogen and oxygen atoms in total. The minimum atomic E-state index is -2.01. The van der Waals surface area contributed by atoms with Crippen molar-refractivity contribution in [1.82, 2.24) is 0 Å². The maximum atomic E-state index is 13.3. The Morgan fingerprint density at radius 2 is 1.73 bits per heavy atom. The second-order valence-electron chi connectivity index (χ2n) is 12.8. The summed E-state index contributed by atoms with van der Waals surface area (Å²) in [6.07, 6.45) is 1.85. The van der Waals surface area contributed by atoms with E-state index in [2.05, 4.69) is 6.92 Å². The van der Waals surface area contributed by atoms with Gasteiger partial charge in [0.15, 0.2) is 29.7 Å². The topological polar surface area (TPSA) is 138 Å². The van der Waals surface area contributed by atoms with Gasteiger partial charge in [0.05, 0.1) is 17.6 Å². The van der Waals surface area contributed by atoms with Gasteiger partial charge in [-0.1, -0.05) is 38.7 Å². The summed E-state index contributed by atoms with van der Waals surface area (Å²) < 4.78 is 29.9. The van der Waals surface area contributed by atoms with Gasteiger partial charge in [0.1, 0.15) is 0 Å². The maximum absolute atomic E-state index is 13.3. The van der Waals surface area contributed by atoms with E-state index < -0.39 is 70.8 Å². The van der Waals surface area contributed by atoms with Gasteiger partial charge in [-0.25, -0.2) is 9.59 Å². The van der Waals surface area contributed by atoms with E-state index in [1.54, 1.807) is 47.6 Å². The van der Waals surface area contributed by atoms with E-state index >= 15 is 0 Å². The molecule has 230 valence electrons. The molecule has 8 atom stereocenters. The van der Waals surface area contributed by atoms with E-state index in [0.29, 0.717) is 23.1 Å². The molecule has 4 rings (SSSR count). The van der Waals surface area contributed by atoms with E-state index in [0.717, 1.165) is 25.7 Å². The van der Waals surface area contributed by atoms with E-state index in [1.807, 2.05) is 0 Å². The van der Waals surface area contributed by atoms with Gasteiger partial charge in [0.25, 0.3) is 0 Å². The van der Waals surface area contributed by atoms with Crippen LogP contribution in [0.25, 0.3) is 0 Å². The zero-order valence-electron chi connectivity index (χ0n) is 25.6. The fourth-order valence-corrected chi connectivity index (χ4v) is 7.03. The lowest BCUT2D eigenvalue weighted by Crippen LogP contribution is -2.72. The van der Waals surface area contributed by atoms with Crippen LogP contribution >= 0.6 is 0 Å². The fourth-order valence-electron chi connectivity index (χ4n) is 7.03. The summed E-state index contributed by atoms with van der Waals surface area (Å²) in [5, 5.41) is 24.4. The summed E-state index contributed by atoms with van der Waals surface area (Å²) in [5.74, 6) is -4.07. The molecule has 0 spiro atoms. The monoisotopic (exact) mass is 578 g/mol. The second-order valence-corrected chi connectivity index (χ2v) is 12.8. The number of carbonyl (C=O) groups excluding carboxylic acids is 3. The van der Waals surface area contributed by atoms with Gasteiger partial charge in [0.2, 0.25) is 5.60 Å². The lowest BCUT2D eigenvalue weighted by atomic mass is 9.74. The number of carbonyl (C=O) groups is 3. The van der Waals surface area contributed by atoms with Crippen LogP contribution in [0, 0.1) is 5.92 Å². The highest BCUT2D eigenvalue weighted by atomic mass is 16.8. The molecule has 2 N–H and O–H groups in total. The maximum Gasteiger partial charge on any atom is 0.342 e. The average molecular weight is 579 g/mol. The number of hydrogen-bond acceptors (Lipinski definition) is 10. The Balaban J connectivity index is 1.77. The summed E-state index contributed by atoms with van der Waals surface area (Å²) in [6, 6.07) is 0. The summed E-state index contributed by atoms with van der Waals surface area (Å²) in [5.41, 5.74) is -4.29. The molecule has 41 heavy (non-hydrogen) atoms. The van der Waals surface area contributed by atoms with Crippen LogP contribution in [0.2, 0.25) is 0 Å². The number of allylic oxidation sites excluding steroid dienone is 1. The molecule has 4 aliphatic rings. The molecule has 0 unspecified atom stereocenters. The van der Waals surface area contributed by atoms with Crippen molar-refractivity contribution in [1.29, 1.82) is 0 Å². The Hall–Kier alpha value is -2.27. The summed E-state index contributed by atoms with van der Waals surface area (Å²) in [6.45, 7) is 13.4. The molecule has 0 bridgehead atoms. The van der Waals surface area contributed by atoms with Crippen molar-refractivity contribution < 1.29 is 48.3 Å². The zero-order chi connectivity index (χ0) is 30.5. The lowest BCUT2D eigenvalue weighted by Gasteiger charge is -2.52.